The van der Waals surface area contributed by atoms with Crippen LogP contribution in [0.15, 0.2) is 97.1 Å². The average molecular weight is 832 g/mol. The van der Waals surface area contributed by atoms with Crippen LogP contribution in [0.4, 0.5) is 0 Å². The molecule has 0 aromatic heterocycles. The first kappa shape index (κ1) is 36.9. The van der Waals surface area contributed by atoms with Crippen molar-refractivity contribution in [1.29, 1.82) is 0 Å². The van der Waals surface area contributed by atoms with E-state index in [0.29, 0.717) is 11.8 Å². The Labute approximate surface area is 299 Å². The fourth-order valence-electron chi connectivity index (χ4n) is 12.4. The Hall–Kier alpha value is -2.90. The van der Waals surface area contributed by atoms with E-state index in [1.165, 1.54) is 64.0 Å². The minimum atomic E-state index is -5.52. The van der Waals surface area contributed by atoms with Gasteiger partial charge in [0.2, 0.25) is 0 Å². The van der Waals surface area contributed by atoms with E-state index < -0.39 is 15.1 Å². The van der Waals surface area contributed by atoms with Crippen molar-refractivity contribution in [1.82, 2.24) is 0 Å². The number of allylic oxidation sites excluding steroid dienone is 2. The molecule has 2 aliphatic rings. The molecular weight excluding hydrogens is 767 g/mol. The number of benzene rings is 4. The Morgan fingerprint density at radius 3 is 1.26 bits per heavy atom. The number of rotatable bonds is 8. The first-order valence-electron chi connectivity index (χ1n) is 19.4. The van der Waals surface area contributed by atoms with Crippen LogP contribution in [0.1, 0.15) is 110 Å². The van der Waals surface area contributed by atoms with Gasteiger partial charge in [-0.15, -0.1) is 0 Å². The summed E-state index contributed by atoms with van der Waals surface area (Å²) in [5.74, 6) is 1.03. The van der Waals surface area contributed by atoms with Gasteiger partial charge >= 0.3 is 301 Å². The van der Waals surface area contributed by atoms with Gasteiger partial charge in [0.1, 0.15) is 0 Å². The van der Waals surface area contributed by atoms with Gasteiger partial charge in [-0.05, 0) is 0 Å². The molecule has 0 saturated carbocycles. The number of hydrogen-bond donors (Lipinski definition) is 0. The second-order valence-electron chi connectivity index (χ2n) is 22.1. The van der Waals surface area contributed by atoms with Gasteiger partial charge in [-0.1, -0.05) is 0 Å². The molecule has 0 amide bonds. The van der Waals surface area contributed by atoms with Gasteiger partial charge in [-0.2, -0.15) is 0 Å². The zero-order chi connectivity index (χ0) is 36.6. The van der Waals surface area contributed by atoms with Gasteiger partial charge in [-0.25, -0.2) is 0 Å². The minimum absolute atomic E-state index is 0.0966. The first-order chi connectivity index (χ1) is 23.0. The van der Waals surface area contributed by atoms with E-state index in [9.17, 15) is 0 Å². The molecule has 264 valence electrons. The summed E-state index contributed by atoms with van der Waals surface area (Å²) >= 11 is -5.52. The van der Waals surface area contributed by atoms with Crippen LogP contribution >= 0.6 is 0 Å². The summed E-state index contributed by atoms with van der Waals surface area (Å²) in [5.41, 5.74) is 14.0. The van der Waals surface area contributed by atoms with Crippen LogP contribution in [0.5, 0.6) is 0 Å². The van der Waals surface area contributed by atoms with Crippen LogP contribution in [0.2, 0.25) is 17.7 Å². The van der Waals surface area contributed by atoms with Gasteiger partial charge in [0.15, 0.2) is 0 Å². The topological polar surface area (TPSA) is 0 Å². The molecule has 0 bridgehead atoms. The summed E-state index contributed by atoms with van der Waals surface area (Å²) in [4.78, 5) is 0. The quantitative estimate of drug-likeness (QED) is 0.155. The third-order valence-electron chi connectivity index (χ3n) is 13.5. The summed E-state index contributed by atoms with van der Waals surface area (Å²) < 4.78 is 14.5. The summed E-state index contributed by atoms with van der Waals surface area (Å²) in [5, 5.41) is 0. The fourth-order valence-corrected chi connectivity index (χ4v) is 64.3. The van der Waals surface area contributed by atoms with E-state index in [0.717, 1.165) is 0 Å². The van der Waals surface area contributed by atoms with Crippen molar-refractivity contribution >= 4 is 16.4 Å². The van der Waals surface area contributed by atoms with Crippen LogP contribution in [0.3, 0.4) is 0 Å². The summed E-state index contributed by atoms with van der Waals surface area (Å²) in [7, 11) is 0. The standard InChI is InChI=1S/2C19H19.2C4H9.2CH3.CH2.Hf/c2*1-19(2,3)16-10-4-9-15(13-16)18-12-6-8-14-7-5-11-17(14)18;2*1-4(2)3;;;;/h2*4-13H,1-3H3;2*4H,1H2,2-3H3;2*1H3;1H2;. The molecule has 6 rings (SSSR count). The molecule has 2 unspecified atom stereocenters. The molecule has 1 heteroatoms. The first-order valence-corrected chi connectivity index (χ1v) is 38.3. The predicted molar refractivity (Wildman–Crippen MR) is 223 cm³/mol. The summed E-state index contributed by atoms with van der Waals surface area (Å²) in [6.45, 7) is 23.7. The summed E-state index contributed by atoms with van der Waals surface area (Å²) in [6.07, 6.45) is 10.2. The van der Waals surface area contributed by atoms with Crippen LogP contribution < -0.4 is 0 Å². The van der Waals surface area contributed by atoms with Gasteiger partial charge in [0.25, 0.3) is 0 Å². The Morgan fingerprint density at radius 2 is 0.920 bits per heavy atom. The summed E-state index contributed by atoms with van der Waals surface area (Å²) in [6, 6.07) is 32.7. The molecule has 0 fully saturated rings. The van der Waals surface area contributed by atoms with Crippen molar-refractivity contribution < 1.29 is 15.1 Å². The van der Waals surface area contributed by atoms with E-state index >= 15 is 0 Å². The zero-order valence-electron chi connectivity index (χ0n) is 33.3. The van der Waals surface area contributed by atoms with Crippen LogP contribution in [-0.4, -0.2) is 4.26 Å². The maximum absolute atomic E-state index is 6.00. The Morgan fingerprint density at radius 1 is 0.560 bits per heavy atom. The Bertz CT molecular complexity index is 2020. The van der Waals surface area contributed by atoms with Crippen LogP contribution in [0, 0.1) is 11.8 Å². The molecule has 0 spiro atoms. The second-order valence-corrected chi connectivity index (χ2v) is 72.0. The molecule has 4 aromatic rings. The van der Waals surface area contributed by atoms with Crippen molar-refractivity contribution in [2.45, 2.75) is 105 Å². The van der Waals surface area contributed by atoms with Crippen molar-refractivity contribution in [3.8, 4) is 22.3 Å². The molecule has 0 N–H and O–H groups in total. The van der Waals surface area contributed by atoms with Crippen molar-refractivity contribution in [3.05, 3.63) is 130 Å². The third-order valence-corrected chi connectivity index (χ3v) is 57.4. The molecule has 0 nitrogen and oxygen atoms in total. The SMILES string of the molecule is [CH2]=[Hf]([CH3])([CH3])([CH2]C(C)C)([CH2]C(C)C)([CH]1C=Cc2c(-c3cccc(C(C)(C)C)c3)cccc21)[CH]1C=Cc2c(-c3cccc(C(C)(C)C)c3)cccc21. The molecule has 4 aromatic carbocycles. The van der Waals surface area contributed by atoms with Crippen molar-refractivity contribution in [2.75, 3.05) is 0 Å². The molecule has 0 radical (unpaired) electrons. The normalized spacial score (nSPS) is 19.6. The molecule has 2 aliphatic carbocycles. The van der Waals surface area contributed by atoms with Crippen LogP contribution in [0.25, 0.3) is 34.4 Å². The van der Waals surface area contributed by atoms with E-state index in [2.05, 4.69) is 188 Å². The number of fused-ring (bicyclic) bond motifs is 2. The zero-order valence-corrected chi connectivity index (χ0v) is 36.9. The van der Waals surface area contributed by atoms with E-state index in [1.807, 2.05) is 0 Å². The molecule has 0 saturated heterocycles. The van der Waals surface area contributed by atoms with Gasteiger partial charge in [0, 0.05) is 0 Å². The Balaban J connectivity index is 1.61. The number of hydrogen-bond acceptors (Lipinski definition) is 0. The predicted octanol–water partition coefficient (Wildman–Crippen LogP) is 14.9. The van der Waals surface area contributed by atoms with E-state index in [4.69, 9.17) is 4.26 Å². The Kier molecular flexibility index (Phi) is 8.15. The van der Waals surface area contributed by atoms with E-state index in [1.54, 1.807) is 0 Å². The molecule has 50 heavy (non-hydrogen) atoms. The average Bonchev–Trinajstić information content (AvgIpc) is 3.66. The monoisotopic (exact) mass is 832 g/mol. The van der Waals surface area contributed by atoms with E-state index in [-0.39, 0.29) is 18.2 Å². The molecule has 0 heterocycles. The molecule has 0 aliphatic heterocycles. The van der Waals surface area contributed by atoms with Gasteiger partial charge < -0.3 is 0 Å². The van der Waals surface area contributed by atoms with Gasteiger partial charge in [-0.3, -0.25) is 0 Å². The second kappa shape index (κ2) is 11.1. The van der Waals surface area contributed by atoms with Crippen LogP contribution in [-0.2, 0) is 25.9 Å². The molecule has 2 atom stereocenters. The van der Waals surface area contributed by atoms with Crippen molar-refractivity contribution in [2.24, 2.45) is 11.8 Å². The van der Waals surface area contributed by atoms with Gasteiger partial charge in [0.05, 0.1) is 0 Å². The molecular formula is C49H64Hf. The third kappa shape index (κ3) is 5.79. The maximum atomic E-state index is 6.00. The fraction of sp³-hybridized carbons (Fsp3) is 0.408. The van der Waals surface area contributed by atoms with Crippen molar-refractivity contribution in [3.63, 3.8) is 0 Å².